The SMILES string of the molecule is Cc1ccc(OBOc2ccc(C)c3ccccc23)c2ccccc12. The molecule has 4 aromatic rings. The monoisotopic (exact) mass is 326 g/mol. The zero-order valence-corrected chi connectivity index (χ0v) is 14.5. The Hall–Kier alpha value is -2.94. The predicted molar refractivity (Wildman–Crippen MR) is 106 cm³/mol. The molecule has 25 heavy (non-hydrogen) atoms. The Kier molecular flexibility index (Phi) is 4.06. The van der Waals surface area contributed by atoms with E-state index in [1.807, 2.05) is 36.4 Å². The molecule has 0 amide bonds. The third-order valence-corrected chi connectivity index (χ3v) is 4.63. The molecule has 0 bridgehead atoms. The van der Waals surface area contributed by atoms with Gasteiger partial charge in [-0.3, -0.25) is 0 Å². The highest BCUT2D eigenvalue weighted by molar-refractivity contribution is 6.22. The van der Waals surface area contributed by atoms with E-state index in [0.717, 1.165) is 22.3 Å². The van der Waals surface area contributed by atoms with E-state index in [0.29, 0.717) is 0 Å². The van der Waals surface area contributed by atoms with E-state index in [9.17, 15) is 0 Å². The molecular weight excluding hydrogens is 307 g/mol. The average Bonchev–Trinajstić information content (AvgIpc) is 2.66. The summed E-state index contributed by atoms with van der Waals surface area (Å²) in [6.45, 7) is 4.22. The van der Waals surface area contributed by atoms with Crippen molar-refractivity contribution in [2.24, 2.45) is 0 Å². The molecule has 4 aromatic carbocycles. The van der Waals surface area contributed by atoms with Gasteiger partial charge in [0.2, 0.25) is 0 Å². The van der Waals surface area contributed by atoms with Gasteiger partial charge < -0.3 is 9.31 Å². The predicted octanol–water partition coefficient (Wildman–Crippen LogP) is 5.33. The summed E-state index contributed by atoms with van der Waals surface area (Å²) in [5, 5.41) is 4.64. The van der Waals surface area contributed by atoms with Gasteiger partial charge >= 0.3 is 7.69 Å². The van der Waals surface area contributed by atoms with Crippen LogP contribution in [0, 0.1) is 13.8 Å². The van der Waals surface area contributed by atoms with Crippen molar-refractivity contribution in [3.63, 3.8) is 0 Å². The van der Waals surface area contributed by atoms with Crippen molar-refractivity contribution in [2.45, 2.75) is 13.8 Å². The van der Waals surface area contributed by atoms with E-state index < -0.39 is 0 Å². The number of fused-ring (bicyclic) bond motifs is 2. The summed E-state index contributed by atoms with van der Waals surface area (Å²) in [5.74, 6) is 1.69. The lowest BCUT2D eigenvalue weighted by Crippen LogP contribution is -2.11. The van der Waals surface area contributed by atoms with Crippen molar-refractivity contribution in [3.05, 3.63) is 83.9 Å². The van der Waals surface area contributed by atoms with Crippen LogP contribution in [-0.2, 0) is 0 Å². The highest BCUT2D eigenvalue weighted by atomic mass is 16.6. The summed E-state index contributed by atoms with van der Waals surface area (Å²) < 4.78 is 11.9. The van der Waals surface area contributed by atoms with Crippen LogP contribution in [0.2, 0.25) is 0 Å². The zero-order chi connectivity index (χ0) is 17.2. The number of benzene rings is 4. The molecule has 0 aliphatic heterocycles. The maximum absolute atomic E-state index is 5.94. The van der Waals surface area contributed by atoms with E-state index >= 15 is 0 Å². The quantitative estimate of drug-likeness (QED) is 0.472. The normalized spacial score (nSPS) is 10.8. The fourth-order valence-corrected chi connectivity index (χ4v) is 3.25. The molecule has 0 aliphatic rings. The first-order valence-corrected chi connectivity index (χ1v) is 8.46. The first kappa shape index (κ1) is 15.6. The second kappa shape index (κ2) is 6.52. The molecule has 122 valence electrons. The molecule has 0 heterocycles. The minimum Gasteiger partial charge on any atom is -0.528 e. The molecule has 0 radical (unpaired) electrons. The van der Waals surface area contributed by atoms with Crippen LogP contribution in [0.5, 0.6) is 11.5 Å². The maximum Gasteiger partial charge on any atom is 0.576 e. The largest absolute Gasteiger partial charge is 0.576 e. The fraction of sp³-hybridized carbons (Fsp3) is 0.0909. The Morgan fingerprint density at radius 3 is 1.36 bits per heavy atom. The average molecular weight is 326 g/mol. The topological polar surface area (TPSA) is 18.5 Å². The van der Waals surface area contributed by atoms with Crippen molar-refractivity contribution >= 4 is 29.2 Å². The molecule has 0 aliphatic carbocycles. The highest BCUT2D eigenvalue weighted by Crippen LogP contribution is 2.30. The molecule has 3 heteroatoms. The number of rotatable bonds is 4. The van der Waals surface area contributed by atoms with Crippen molar-refractivity contribution in [1.82, 2.24) is 0 Å². The van der Waals surface area contributed by atoms with Crippen LogP contribution < -0.4 is 9.31 Å². The summed E-state index contributed by atoms with van der Waals surface area (Å²) in [6.07, 6.45) is 0. The molecule has 0 atom stereocenters. The van der Waals surface area contributed by atoms with Crippen LogP contribution in [0.1, 0.15) is 11.1 Å². The third kappa shape index (κ3) is 2.94. The van der Waals surface area contributed by atoms with Gasteiger partial charge in [-0.05, 0) is 47.9 Å². The molecule has 0 unspecified atom stereocenters. The van der Waals surface area contributed by atoms with E-state index in [1.165, 1.54) is 21.9 Å². The lowest BCUT2D eigenvalue weighted by atomic mass is 10.0. The van der Waals surface area contributed by atoms with Gasteiger partial charge in [-0.15, -0.1) is 0 Å². The molecule has 0 N–H and O–H groups in total. The third-order valence-electron chi connectivity index (χ3n) is 4.63. The van der Waals surface area contributed by atoms with Gasteiger partial charge in [0.15, 0.2) is 0 Å². The number of hydrogen-bond acceptors (Lipinski definition) is 2. The van der Waals surface area contributed by atoms with Crippen LogP contribution in [-0.4, -0.2) is 7.69 Å². The molecular formula is C22H19BO2. The van der Waals surface area contributed by atoms with Crippen LogP contribution >= 0.6 is 0 Å². The van der Waals surface area contributed by atoms with Crippen LogP contribution in [0.4, 0.5) is 0 Å². The van der Waals surface area contributed by atoms with Crippen LogP contribution in [0.25, 0.3) is 21.5 Å². The zero-order valence-electron chi connectivity index (χ0n) is 14.5. The fourth-order valence-electron chi connectivity index (χ4n) is 3.25. The molecule has 4 rings (SSSR count). The summed E-state index contributed by atoms with van der Waals surface area (Å²) in [7, 11) is 0.181. The van der Waals surface area contributed by atoms with E-state index in [2.05, 4.69) is 50.2 Å². The summed E-state index contributed by atoms with van der Waals surface area (Å²) in [4.78, 5) is 0. The lowest BCUT2D eigenvalue weighted by Gasteiger charge is -2.13. The van der Waals surface area contributed by atoms with E-state index in [-0.39, 0.29) is 7.69 Å². The van der Waals surface area contributed by atoms with Gasteiger partial charge in [0.25, 0.3) is 0 Å². The van der Waals surface area contributed by atoms with Crippen molar-refractivity contribution in [3.8, 4) is 11.5 Å². The Morgan fingerprint density at radius 1 is 0.520 bits per heavy atom. The van der Waals surface area contributed by atoms with Gasteiger partial charge in [-0.2, -0.15) is 0 Å². The van der Waals surface area contributed by atoms with Crippen molar-refractivity contribution < 1.29 is 9.31 Å². The second-order valence-corrected chi connectivity index (χ2v) is 6.26. The Morgan fingerprint density at radius 2 is 0.920 bits per heavy atom. The standard InChI is InChI=1S/C22H19BO2/c1-15-11-13-21(19-9-5-3-7-17(15)19)24-23-25-22-14-12-16(2)18-8-4-6-10-20(18)22/h3-14,23H,1-2H3. The van der Waals surface area contributed by atoms with Gasteiger partial charge in [-0.1, -0.05) is 60.7 Å². The first-order chi connectivity index (χ1) is 12.2. The molecule has 2 nitrogen and oxygen atoms in total. The van der Waals surface area contributed by atoms with Crippen LogP contribution in [0.15, 0.2) is 72.8 Å². The van der Waals surface area contributed by atoms with E-state index in [4.69, 9.17) is 9.31 Å². The second-order valence-electron chi connectivity index (χ2n) is 6.26. The Balaban J connectivity index is 1.58. The van der Waals surface area contributed by atoms with Gasteiger partial charge in [-0.25, -0.2) is 0 Å². The Labute approximate surface area is 148 Å². The molecule has 0 fully saturated rings. The smallest absolute Gasteiger partial charge is 0.528 e. The molecule has 0 saturated carbocycles. The lowest BCUT2D eigenvalue weighted by molar-refractivity contribution is 0.465. The van der Waals surface area contributed by atoms with E-state index in [1.54, 1.807) is 0 Å². The van der Waals surface area contributed by atoms with Gasteiger partial charge in [0, 0.05) is 10.8 Å². The minimum absolute atomic E-state index is 0.181. The molecule has 0 aromatic heterocycles. The van der Waals surface area contributed by atoms with Crippen molar-refractivity contribution in [1.29, 1.82) is 0 Å². The number of aryl methyl sites for hydroxylation is 2. The maximum atomic E-state index is 5.94. The highest BCUT2D eigenvalue weighted by Gasteiger charge is 2.08. The summed E-state index contributed by atoms with van der Waals surface area (Å²) >= 11 is 0. The minimum atomic E-state index is 0.181. The van der Waals surface area contributed by atoms with Gasteiger partial charge in [0.05, 0.1) is 0 Å². The Bertz CT molecular complexity index is 971. The first-order valence-electron chi connectivity index (χ1n) is 8.46. The summed E-state index contributed by atoms with van der Waals surface area (Å²) in [6, 6.07) is 24.7. The summed E-state index contributed by atoms with van der Waals surface area (Å²) in [5.41, 5.74) is 2.49. The van der Waals surface area contributed by atoms with Gasteiger partial charge in [0.1, 0.15) is 11.5 Å². The van der Waals surface area contributed by atoms with Crippen molar-refractivity contribution in [2.75, 3.05) is 0 Å². The number of hydrogen-bond donors (Lipinski definition) is 0. The molecule has 0 saturated heterocycles. The molecule has 0 spiro atoms. The van der Waals surface area contributed by atoms with Crippen LogP contribution in [0.3, 0.4) is 0 Å².